The maximum absolute atomic E-state index is 10.8. The standard InChI is InChI=1S/C14H21ClN2O2/c1-11(2)5-3-4-8-16-10-12-6-7-13(15)14(9-12)17(18)19/h6-7,9,11,16H,3-5,8,10H2,1-2H3. The van der Waals surface area contributed by atoms with Gasteiger partial charge in [0.25, 0.3) is 5.69 Å². The maximum atomic E-state index is 10.8. The normalized spacial score (nSPS) is 10.9. The zero-order chi connectivity index (χ0) is 14.3. The summed E-state index contributed by atoms with van der Waals surface area (Å²) in [6.07, 6.45) is 3.59. The third-order valence-corrected chi connectivity index (χ3v) is 3.24. The van der Waals surface area contributed by atoms with Crippen LogP contribution in [-0.2, 0) is 6.54 Å². The summed E-state index contributed by atoms with van der Waals surface area (Å²) in [6, 6.07) is 4.93. The number of nitro benzene ring substituents is 1. The Hall–Kier alpha value is -1.13. The van der Waals surface area contributed by atoms with Gasteiger partial charge in [-0.2, -0.15) is 0 Å². The highest BCUT2D eigenvalue weighted by molar-refractivity contribution is 6.32. The monoisotopic (exact) mass is 284 g/mol. The summed E-state index contributed by atoms with van der Waals surface area (Å²) in [7, 11) is 0. The summed E-state index contributed by atoms with van der Waals surface area (Å²) in [4.78, 5) is 10.3. The summed E-state index contributed by atoms with van der Waals surface area (Å²) in [5, 5.41) is 14.2. The molecule has 0 aliphatic rings. The minimum Gasteiger partial charge on any atom is -0.313 e. The van der Waals surface area contributed by atoms with Crippen molar-refractivity contribution in [2.45, 2.75) is 39.7 Å². The Morgan fingerprint density at radius 1 is 1.37 bits per heavy atom. The van der Waals surface area contributed by atoms with Crippen molar-refractivity contribution >= 4 is 17.3 Å². The molecule has 19 heavy (non-hydrogen) atoms. The Morgan fingerprint density at radius 3 is 2.74 bits per heavy atom. The summed E-state index contributed by atoms with van der Waals surface area (Å²) in [5.74, 6) is 0.749. The topological polar surface area (TPSA) is 55.2 Å². The lowest BCUT2D eigenvalue weighted by molar-refractivity contribution is -0.384. The van der Waals surface area contributed by atoms with Gasteiger partial charge in [0.15, 0.2) is 0 Å². The van der Waals surface area contributed by atoms with Crippen molar-refractivity contribution in [1.29, 1.82) is 0 Å². The fourth-order valence-corrected chi connectivity index (χ4v) is 2.03. The van der Waals surface area contributed by atoms with E-state index in [2.05, 4.69) is 19.2 Å². The summed E-state index contributed by atoms with van der Waals surface area (Å²) in [5.41, 5.74) is 0.862. The number of unbranched alkanes of at least 4 members (excludes halogenated alkanes) is 1. The molecular weight excluding hydrogens is 264 g/mol. The molecule has 0 saturated carbocycles. The molecule has 0 aliphatic carbocycles. The van der Waals surface area contributed by atoms with Crippen LogP contribution in [0, 0.1) is 16.0 Å². The predicted octanol–water partition coefficient (Wildman–Crippen LogP) is 4.16. The van der Waals surface area contributed by atoms with Crippen LogP contribution in [0.2, 0.25) is 5.02 Å². The average Bonchev–Trinajstić information content (AvgIpc) is 2.34. The largest absolute Gasteiger partial charge is 0.313 e. The van der Waals surface area contributed by atoms with Gasteiger partial charge in [-0.05, 0) is 30.5 Å². The molecule has 1 rings (SSSR count). The number of nitro groups is 1. The van der Waals surface area contributed by atoms with Crippen LogP contribution in [0.5, 0.6) is 0 Å². The highest BCUT2D eigenvalue weighted by Crippen LogP contribution is 2.24. The molecule has 4 nitrogen and oxygen atoms in total. The Balaban J connectivity index is 2.34. The Kier molecular flexibility index (Phi) is 6.81. The van der Waals surface area contributed by atoms with Crippen molar-refractivity contribution in [2.75, 3.05) is 6.54 Å². The Labute approximate surface area is 119 Å². The van der Waals surface area contributed by atoms with Crippen molar-refractivity contribution in [1.82, 2.24) is 5.32 Å². The van der Waals surface area contributed by atoms with Crippen LogP contribution in [0.4, 0.5) is 5.69 Å². The van der Waals surface area contributed by atoms with Gasteiger partial charge in [-0.25, -0.2) is 0 Å². The van der Waals surface area contributed by atoms with Crippen LogP contribution in [0.3, 0.4) is 0 Å². The number of hydrogen-bond donors (Lipinski definition) is 1. The van der Waals surface area contributed by atoms with Gasteiger partial charge in [-0.15, -0.1) is 0 Å². The smallest absolute Gasteiger partial charge is 0.288 e. The lowest BCUT2D eigenvalue weighted by Crippen LogP contribution is -2.14. The molecular formula is C14H21ClN2O2. The van der Waals surface area contributed by atoms with Gasteiger partial charge in [0.2, 0.25) is 0 Å². The third kappa shape index (κ3) is 6.03. The Bertz CT molecular complexity index is 422. The van der Waals surface area contributed by atoms with Gasteiger partial charge in [-0.3, -0.25) is 10.1 Å². The molecule has 0 amide bonds. The molecule has 1 aromatic rings. The van der Waals surface area contributed by atoms with E-state index >= 15 is 0 Å². The van der Waals surface area contributed by atoms with E-state index in [9.17, 15) is 10.1 Å². The van der Waals surface area contributed by atoms with Gasteiger partial charge in [0.05, 0.1) is 4.92 Å². The van der Waals surface area contributed by atoms with Crippen molar-refractivity contribution in [2.24, 2.45) is 5.92 Å². The van der Waals surface area contributed by atoms with E-state index in [4.69, 9.17) is 11.6 Å². The zero-order valence-electron chi connectivity index (χ0n) is 11.5. The van der Waals surface area contributed by atoms with Gasteiger partial charge < -0.3 is 5.32 Å². The third-order valence-electron chi connectivity index (χ3n) is 2.92. The molecule has 0 fully saturated rings. The van der Waals surface area contributed by atoms with Crippen LogP contribution in [0.15, 0.2) is 18.2 Å². The fourth-order valence-electron chi connectivity index (χ4n) is 1.84. The molecule has 1 N–H and O–H groups in total. The second kappa shape index (κ2) is 8.12. The molecule has 5 heteroatoms. The maximum Gasteiger partial charge on any atom is 0.288 e. The molecule has 0 heterocycles. The van der Waals surface area contributed by atoms with E-state index in [1.54, 1.807) is 6.07 Å². The van der Waals surface area contributed by atoms with Crippen LogP contribution in [0.1, 0.15) is 38.7 Å². The molecule has 1 aromatic carbocycles. The van der Waals surface area contributed by atoms with E-state index in [0.29, 0.717) is 6.54 Å². The van der Waals surface area contributed by atoms with Crippen LogP contribution >= 0.6 is 11.6 Å². The second-order valence-electron chi connectivity index (χ2n) is 5.11. The molecule has 106 valence electrons. The van der Waals surface area contributed by atoms with E-state index in [1.165, 1.54) is 18.9 Å². The minimum absolute atomic E-state index is 0.0271. The summed E-state index contributed by atoms with van der Waals surface area (Å²) in [6.45, 7) is 6.02. The summed E-state index contributed by atoms with van der Waals surface area (Å²) >= 11 is 5.76. The average molecular weight is 285 g/mol. The van der Waals surface area contributed by atoms with E-state index < -0.39 is 4.92 Å². The van der Waals surface area contributed by atoms with Crippen LogP contribution in [0.25, 0.3) is 0 Å². The van der Waals surface area contributed by atoms with Gasteiger partial charge in [-0.1, -0.05) is 44.4 Å². The van der Waals surface area contributed by atoms with E-state index in [1.807, 2.05) is 6.07 Å². The van der Waals surface area contributed by atoms with E-state index in [-0.39, 0.29) is 10.7 Å². The first-order valence-electron chi connectivity index (χ1n) is 6.64. The number of nitrogens with one attached hydrogen (secondary N) is 1. The van der Waals surface area contributed by atoms with Gasteiger partial charge >= 0.3 is 0 Å². The molecule has 0 aliphatic heterocycles. The number of halogens is 1. The van der Waals surface area contributed by atoms with Gasteiger partial charge in [0, 0.05) is 12.6 Å². The highest BCUT2D eigenvalue weighted by atomic mass is 35.5. The molecule has 0 unspecified atom stereocenters. The molecule has 0 bridgehead atoms. The van der Waals surface area contributed by atoms with Gasteiger partial charge in [0.1, 0.15) is 5.02 Å². The number of benzene rings is 1. The molecule has 0 saturated heterocycles. The summed E-state index contributed by atoms with van der Waals surface area (Å²) < 4.78 is 0. The lowest BCUT2D eigenvalue weighted by Gasteiger charge is -2.07. The molecule has 0 spiro atoms. The highest BCUT2D eigenvalue weighted by Gasteiger charge is 2.12. The van der Waals surface area contributed by atoms with Crippen molar-refractivity contribution in [3.8, 4) is 0 Å². The molecule has 0 aromatic heterocycles. The first-order chi connectivity index (χ1) is 9.00. The number of hydrogen-bond acceptors (Lipinski definition) is 3. The SMILES string of the molecule is CC(C)CCCCNCc1ccc(Cl)c([N+](=O)[O-])c1. The van der Waals surface area contributed by atoms with E-state index in [0.717, 1.165) is 24.4 Å². The first-order valence-corrected chi connectivity index (χ1v) is 7.02. The molecule has 0 atom stereocenters. The van der Waals surface area contributed by atoms with Crippen molar-refractivity contribution in [3.05, 3.63) is 38.9 Å². The van der Waals surface area contributed by atoms with Crippen LogP contribution < -0.4 is 5.32 Å². The second-order valence-corrected chi connectivity index (χ2v) is 5.52. The molecule has 0 radical (unpaired) electrons. The predicted molar refractivity (Wildman–Crippen MR) is 78.5 cm³/mol. The van der Waals surface area contributed by atoms with Crippen molar-refractivity contribution in [3.63, 3.8) is 0 Å². The zero-order valence-corrected chi connectivity index (χ0v) is 12.2. The first kappa shape index (κ1) is 15.9. The van der Waals surface area contributed by atoms with Crippen LogP contribution in [-0.4, -0.2) is 11.5 Å². The van der Waals surface area contributed by atoms with Crippen molar-refractivity contribution < 1.29 is 4.92 Å². The lowest BCUT2D eigenvalue weighted by atomic mass is 10.1. The quantitative estimate of drug-likeness (QED) is 0.443. The minimum atomic E-state index is -0.450. The number of rotatable bonds is 8. The fraction of sp³-hybridized carbons (Fsp3) is 0.571. The Morgan fingerprint density at radius 2 is 2.11 bits per heavy atom. The number of nitrogens with zero attached hydrogens (tertiary/aromatic N) is 1.